The molecule has 8 nitrogen and oxygen atoms in total. The number of aromatic nitrogens is 1. The Kier molecular flexibility index (Phi) is 7.89. The number of hydrazone groups is 1. The van der Waals surface area contributed by atoms with Gasteiger partial charge in [0.15, 0.2) is 0 Å². The summed E-state index contributed by atoms with van der Waals surface area (Å²) in [5.41, 5.74) is 6.24. The third kappa shape index (κ3) is 6.05. The van der Waals surface area contributed by atoms with Gasteiger partial charge in [-0.25, -0.2) is 5.43 Å². The van der Waals surface area contributed by atoms with E-state index in [1.807, 2.05) is 48.5 Å². The van der Waals surface area contributed by atoms with Gasteiger partial charge in [0.2, 0.25) is 5.91 Å². The maximum atomic E-state index is 11.3. The van der Waals surface area contributed by atoms with E-state index >= 15 is 0 Å². The summed E-state index contributed by atoms with van der Waals surface area (Å²) in [5.74, 6) is 1.28. The van der Waals surface area contributed by atoms with Gasteiger partial charge in [0.05, 0.1) is 22.9 Å². The van der Waals surface area contributed by atoms with Crippen LogP contribution in [-0.2, 0) is 4.79 Å². The highest BCUT2D eigenvalue weighted by molar-refractivity contribution is 6.32. The van der Waals surface area contributed by atoms with E-state index in [9.17, 15) is 9.90 Å². The lowest BCUT2D eigenvalue weighted by atomic mass is 10.0. The van der Waals surface area contributed by atoms with Crippen molar-refractivity contribution in [1.29, 1.82) is 0 Å². The average molecular weight is 521 g/mol. The molecule has 0 radical (unpaired) electrons. The predicted molar refractivity (Wildman–Crippen MR) is 146 cm³/mol. The number of fused-ring (bicyclic) bond motifs is 3. The van der Waals surface area contributed by atoms with Crippen LogP contribution in [0.2, 0.25) is 5.02 Å². The molecule has 1 unspecified atom stereocenters. The lowest BCUT2D eigenvalue weighted by molar-refractivity contribution is -0.121. The van der Waals surface area contributed by atoms with Gasteiger partial charge in [-0.15, -0.1) is 0 Å². The van der Waals surface area contributed by atoms with Crippen LogP contribution in [0.3, 0.4) is 0 Å². The lowest BCUT2D eigenvalue weighted by Gasteiger charge is -2.15. The third-order valence-corrected chi connectivity index (χ3v) is 6.52. The molecule has 37 heavy (non-hydrogen) atoms. The van der Waals surface area contributed by atoms with Crippen LogP contribution in [0.5, 0.6) is 11.5 Å². The number of aliphatic hydroxyl groups is 1. The highest BCUT2D eigenvalue weighted by atomic mass is 35.5. The lowest BCUT2D eigenvalue weighted by Crippen LogP contribution is -2.32. The van der Waals surface area contributed by atoms with Gasteiger partial charge in [-0.2, -0.15) is 5.10 Å². The zero-order valence-corrected chi connectivity index (χ0v) is 21.1. The van der Waals surface area contributed by atoms with Gasteiger partial charge in [0.1, 0.15) is 24.2 Å². The van der Waals surface area contributed by atoms with Crippen molar-refractivity contribution in [3.05, 3.63) is 71.2 Å². The quantitative estimate of drug-likeness (QED) is 0.219. The van der Waals surface area contributed by atoms with Crippen molar-refractivity contribution in [2.75, 3.05) is 26.3 Å². The highest BCUT2D eigenvalue weighted by Crippen LogP contribution is 2.33. The van der Waals surface area contributed by atoms with Gasteiger partial charge in [-0.1, -0.05) is 35.9 Å². The van der Waals surface area contributed by atoms with Crippen LogP contribution >= 0.6 is 11.6 Å². The van der Waals surface area contributed by atoms with Gasteiger partial charge in [0, 0.05) is 35.7 Å². The number of benzene rings is 3. The summed E-state index contributed by atoms with van der Waals surface area (Å²) >= 11 is 6.37. The number of aromatic amines is 1. The number of ether oxygens (including phenoxy) is 2. The minimum atomic E-state index is -0.643. The minimum Gasteiger partial charge on any atom is -0.492 e. The molecule has 0 bridgehead atoms. The molecule has 0 aliphatic carbocycles. The number of rotatable bonds is 11. The summed E-state index contributed by atoms with van der Waals surface area (Å²) in [6.45, 7) is 1.77. The molecule has 5 rings (SSSR count). The Hall–Kier alpha value is -3.59. The number of para-hydroxylation sites is 1. The number of hydrogen-bond donors (Lipinski definition) is 4. The molecule has 0 saturated carbocycles. The molecular formula is C28H29ClN4O4. The summed E-state index contributed by atoms with van der Waals surface area (Å²) in [7, 11) is 0. The molecule has 192 valence electrons. The Morgan fingerprint density at radius 1 is 1.03 bits per heavy atom. The molecule has 3 aromatic carbocycles. The first-order valence-corrected chi connectivity index (χ1v) is 12.8. The van der Waals surface area contributed by atoms with E-state index < -0.39 is 6.10 Å². The Balaban J connectivity index is 1.03. The number of H-pyrrole nitrogens is 1. The van der Waals surface area contributed by atoms with Crippen molar-refractivity contribution in [1.82, 2.24) is 15.7 Å². The van der Waals surface area contributed by atoms with E-state index in [1.165, 1.54) is 0 Å². The van der Waals surface area contributed by atoms with Crippen molar-refractivity contribution in [3.63, 3.8) is 0 Å². The second kappa shape index (κ2) is 11.6. The van der Waals surface area contributed by atoms with Crippen LogP contribution in [0, 0.1) is 0 Å². The largest absolute Gasteiger partial charge is 0.492 e. The molecule has 4 aromatic rings. The second-order valence-electron chi connectivity index (χ2n) is 8.96. The standard InChI is InChI=1S/C28H29ClN4O4/c29-21-15-18(22-10-12-27(35)33-32-22)9-11-25(21)36-14-4-13-30-16-19(34)17-37-26-8-3-7-24-28(26)20-5-1-2-6-23(20)31-24/h1-3,5-9,11,15,19,30-31,34H,4,10,12-14,16-17H2,(H,33,35). The molecule has 9 heteroatoms. The predicted octanol–water partition coefficient (Wildman–Crippen LogP) is 4.39. The van der Waals surface area contributed by atoms with Crippen LogP contribution < -0.4 is 20.2 Å². The Bertz CT molecular complexity index is 1430. The first kappa shape index (κ1) is 25.1. The van der Waals surface area contributed by atoms with Gasteiger partial charge in [-0.3, -0.25) is 4.79 Å². The molecule has 4 N–H and O–H groups in total. The normalized spacial score (nSPS) is 14.4. The monoisotopic (exact) mass is 520 g/mol. The van der Waals surface area contributed by atoms with Crippen LogP contribution in [0.1, 0.15) is 24.8 Å². The van der Waals surface area contributed by atoms with E-state index in [2.05, 4.69) is 26.9 Å². The summed E-state index contributed by atoms with van der Waals surface area (Å²) < 4.78 is 11.8. The van der Waals surface area contributed by atoms with E-state index in [4.69, 9.17) is 21.1 Å². The molecular weight excluding hydrogens is 492 g/mol. The second-order valence-corrected chi connectivity index (χ2v) is 9.37. The number of halogens is 1. The topological polar surface area (TPSA) is 108 Å². The van der Waals surface area contributed by atoms with Crippen molar-refractivity contribution in [2.24, 2.45) is 5.10 Å². The van der Waals surface area contributed by atoms with Crippen molar-refractivity contribution in [3.8, 4) is 11.5 Å². The summed E-state index contributed by atoms with van der Waals surface area (Å²) in [6, 6.07) is 19.5. The molecule has 1 aromatic heterocycles. The van der Waals surface area contributed by atoms with Crippen molar-refractivity contribution in [2.45, 2.75) is 25.4 Å². The summed E-state index contributed by atoms with van der Waals surface area (Å²) in [5, 5.41) is 20.4. The van der Waals surface area contributed by atoms with Crippen molar-refractivity contribution >= 4 is 45.0 Å². The Morgan fingerprint density at radius 2 is 1.89 bits per heavy atom. The number of nitrogens with zero attached hydrogens (tertiary/aromatic N) is 1. The first-order chi connectivity index (χ1) is 18.1. The fraction of sp³-hybridized carbons (Fsp3) is 0.286. The minimum absolute atomic E-state index is 0.0773. The number of aliphatic hydroxyl groups excluding tert-OH is 1. The number of amides is 1. The fourth-order valence-electron chi connectivity index (χ4n) is 4.36. The van der Waals surface area contributed by atoms with Crippen molar-refractivity contribution < 1.29 is 19.4 Å². The van der Waals surface area contributed by atoms with Crippen LogP contribution in [0.4, 0.5) is 0 Å². The maximum absolute atomic E-state index is 11.3. The Morgan fingerprint density at radius 3 is 2.73 bits per heavy atom. The van der Waals surface area contributed by atoms with Crippen LogP contribution in [0.25, 0.3) is 21.8 Å². The molecule has 0 spiro atoms. The highest BCUT2D eigenvalue weighted by Gasteiger charge is 2.15. The Labute approximate surface area is 219 Å². The van der Waals surface area contributed by atoms with E-state index in [-0.39, 0.29) is 12.5 Å². The SMILES string of the molecule is O=C1CCC(c2ccc(OCCCNCC(O)COc3cccc4[nH]c5ccccc5c34)c(Cl)c2)=NN1. The van der Waals surface area contributed by atoms with E-state index in [1.54, 1.807) is 6.07 Å². The van der Waals surface area contributed by atoms with E-state index in [0.29, 0.717) is 43.3 Å². The summed E-state index contributed by atoms with van der Waals surface area (Å²) in [4.78, 5) is 14.7. The number of nitrogens with one attached hydrogen (secondary N) is 3. The van der Waals surface area contributed by atoms with Gasteiger partial charge in [0.25, 0.3) is 0 Å². The molecule has 1 amide bonds. The van der Waals surface area contributed by atoms with Crippen LogP contribution in [0.15, 0.2) is 65.8 Å². The van der Waals surface area contributed by atoms with E-state index in [0.717, 1.165) is 45.3 Å². The smallest absolute Gasteiger partial charge is 0.240 e. The number of hydrogen-bond acceptors (Lipinski definition) is 6. The molecule has 1 aliphatic heterocycles. The number of carbonyl (C=O) groups excluding carboxylic acids is 1. The zero-order chi connectivity index (χ0) is 25.6. The first-order valence-electron chi connectivity index (χ1n) is 12.4. The number of carbonyl (C=O) groups is 1. The van der Waals surface area contributed by atoms with Gasteiger partial charge in [-0.05, 0) is 54.9 Å². The maximum Gasteiger partial charge on any atom is 0.240 e. The summed E-state index contributed by atoms with van der Waals surface area (Å²) in [6.07, 6.45) is 1.11. The molecule has 1 aliphatic rings. The molecule has 2 heterocycles. The van der Waals surface area contributed by atoms with Crippen LogP contribution in [-0.4, -0.2) is 54.1 Å². The molecule has 0 fully saturated rings. The third-order valence-electron chi connectivity index (χ3n) is 6.23. The fourth-order valence-corrected chi connectivity index (χ4v) is 4.60. The van der Waals surface area contributed by atoms with Gasteiger partial charge < -0.3 is 24.9 Å². The van der Waals surface area contributed by atoms with Gasteiger partial charge >= 0.3 is 0 Å². The molecule has 0 saturated heterocycles. The molecule has 1 atom stereocenters. The zero-order valence-electron chi connectivity index (χ0n) is 20.3. The average Bonchev–Trinajstić information content (AvgIpc) is 3.30.